The normalized spacial score (nSPS) is 16.7. The first kappa shape index (κ1) is 18.3. The van der Waals surface area contributed by atoms with Gasteiger partial charge in [-0.1, -0.05) is 54.6 Å². The Morgan fingerprint density at radius 3 is 2.40 bits per heavy atom. The first-order chi connectivity index (χ1) is 14.6. The quantitative estimate of drug-likeness (QED) is 0.700. The molecule has 1 atom stereocenters. The highest BCUT2D eigenvalue weighted by atomic mass is 16.5. The Bertz CT molecular complexity index is 1320. The molecule has 2 heterocycles. The van der Waals surface area contributed by atoms with Gasteiger partial charge in [-0.15, -0.1) is 0 Å². The topological polar surface area (TPSA) is 93.2 Å². The van der Waals surface area contributed by atoms with E-state index in [1.54, 1.807) is 13.2 Å². The maximum absolute atomic E-state index is 13.4. The minimum absolute atomic E-state index is 0.110. The third kappa shape index (κ3) is 2.59. The SMILES string of the molecule is COCCn1c2c(c(=O)[nH]c1=O)[C@H](c1ccccc1)C1=C(N2)c2ccccc2C1=O. The number of aromatic amines is 1. The Kier molecular flexibility index (Phi) is 4.25. The first-order valence-corrected chi connectivity index (χ1v) is 9.68. The summed E-state index contributed by atoms with van der Waals surface area (Å²) >= 11 is 0. The molecule has 7 heteroatoms. The molecule has 1 aliphatic heterocycles. The maximum atomic E-state index is 13.4. The molecule has 0 saturated carbocycles. The lowest BCUT2D eigenvalue weighted by Gasteiger charge is -2.29. The van der Waals surface area contributed by atoms with Gasteiger partial charge >= 0.3 is 5.69 Å². The third-order valence-electron chi connectivity index (χ3n) is 5.66. The summed E-state index contributed by atoms with van der Waals surface area (Å²) in [7, 11) is 1.55. The van der Waals surface area contributed by atoms with E-state index in [1.165, 1.54) is 4.57 Å². The first-order valence-electron chi connectivity index (χ1n) is 9.68. The van der Waals surface area contributed by atoms with Gasteiger partial charge in [0.2, 0.25) is 0 Å². The fraction of sp³-hybridized carbons (Fsp3) is 0.174. The van der Waals surface area contributed by atoms with Crippen LogP contribution in [0.15, 0.2) is 69.8 Å². The van der Waals surface area contributed by atoms with Crippen LogP contribution in [-0.2, 0) is 11.3 Å². The predicted octanol–water partition coefficient (Wildman–Crippen LogP) is 2.35. The fourth-order valence-electron chi connectivity index (χ4n) is 4.34. The number of anilines is 1. The van der Waals surface area contributed by atoms with Crippen molar-refractivity contribution in [2.45, 2.75) is 12.5 Å². The summed E-state index contributed by atoms with van der Waals surface area (Å²) in [6, 6.07) is 16.8. The van der Waals surface area contributed by atoms with Gasteiger partial charge in [0, 0.05) is 29.7 Å². The molecule has 30 heavy (non-hydrogen) atoms. The molecule has 2 aliphatic rings. The summed E-state index contributed by atoms with van der Waals surface area (Å²) in [5, 5.41) is 3.25. The highest BCUT2D eigenvalue weighted by molar-refractivity contribution is 6.23. The second kappa shape index (κ2) is 6.96. The van der Waals surface area contributed by atoms with Crippen molar-refractivity contribution in [3.63, 3.8) is 0 Å². The van der Waals surface area contributed by atoms with E-state index in [-0.39, 0.29) is 12.3 Å². The summed E-state index contributed by atoms with van der Waals surface area (Å²) < 4.78 is 6.61. The van der Waals surface area contributed by atoms with E-state index in [2.05, 4.69) is 10.3 Å². The minimum atomic E-state index is -0.588. The van der Waals surface area contributed by atoms with Gasteiger partial charge in [0.15, 0.2) is 5.78 Å². The van der Waals surface area contributed by atoms with Crippen molar-refractivity contribution < 1.29 is 9.53 Å². The van der Waals surface area contributed by atoms with Crippen molar-refractivity contribution in [3.8, 4) is 0 Å². The second-order valence-corrected chi connectivity index (χ2v) is 7.30. The number of hydrogen-bond acceptors (Lipinski definition) is 5. The molecule has 0 fully saturated rings. The number of carbonyl (C=O) groups is 1. The molecule has 1 aliphatic carbocycles. The highest BCUT2D eigenvalue weighted by Crippen LogP contribution is 2.47. The van der Waals surface area contributed by atoms with Crippen LogP contribution in [0.1, 0.15) is 33.0 Å². The number of allylic oxidation sites excluding steroid dienone is 1. The zero-order chi connectivity index (χ0) is 20.8. The number of rotatable bonds is 4. The van der Waals surface area contributed by atoms with E-state index in [1.807, 2.05) is 48.5 Å². The molecular weight excluding hydrogens is 382 g/mol. The molecule has 2 N–H and O–H groups in total. The molecule has 0 spiro atoms. The standard InChI is InChI=1S/C23H19N3O4/c1-30-12-11-26-21-18(22(28)25-23(26)29)16(13-7-3-2-4-8-13)17-19(24-21)14-9-5-6-10-15(14)20(17)27/h2-10,16,24H,11-12H2,1H3,(H,25,28,29)/t16-/m1/s1. The number of carbonyl (C=O) groups excluding carboxylic acids is 1. The van der Waals surface area contributed by atoms with Gasteiger partial charge in [0.1, 0.15) is 5.82 Å². The number of ketones is 1. The van der Waals surface area contributed by atoms with Crippen molar-refractivity contribution in [3.05, 3.63) is 103 Å². The number of methoxy groups -OCH3 is 1. The minimum Gasteiger partial charge on any atom is -0.383 e. The van der Waals surface area contributed by atoms with Gasteiger partial charge in [0.25, 0.3) is 5.56 Å². The van der Waals surface area contributed by atoms with Crippen LogP contribution in [-0.4, -0.2) is 29.1 Å². The Morgan fingerprint density at radius 1 is 0.967 bits per heavy atom. The van der Waals surface area contributed by atoms with Crippen molar-refractivity contribution in [1.82, 2.24) is 9.55 Å². The Balaban J connectivity index is 1.83. The predicted molar refractivity (Wildman–Crippen MR) is 113 cm³/mol. The number of aromatic nitrogens is 2. The van der Waals surface area contributed by atoms with Gasteiger partial charge in [-0.3, -0.25) is 19.1 Å². The fourth-order valence-corrected chi connectivity index (χ4v) is 4.34. The molecule has 0 unspecified atom stereocenters. The van der Waals surface area contributed by atoms with Crippen LogP contribution in [0.3, 0.4) is 0 Å². The van der Waals surface area contributed by atoms with Crippen LogP contribution < -0.4 is 16.6 Å². The van der Waals surface area contributed by atoms with Gasteiger partial charge in [-0.25, -0.2) is 4.79 Å². The molecule has 0 radical (unpaired) electrons. The number of fused-ring (bicyclic) bond motifs is 3. The number of benzene rings is 2. The number of ether oxygens (including phenoxy) is 1. The molecular formula is C23H19N3O4. The molecule has 1 aromatic heterocycles. The van der Waals surface area contributed by atoms with Crippen LogP contribution in [0.25, 0.3) is 5.70 Å². The molecule has 3 aromatic rings. The van der Waals surface area contributed by atoms with E-state index in [9.17, 15) is 14.4 Å². The molecule has 5 rings (SSSR count). The van der Waals surface area contributed by atoms with E-state index in [0.717, 1.165) is 11.1 Å². The molecule has 2 aromatic carbocycles. The summed E-state index contributed by atoms with van der Waals surface area (Å²) in [6.45, 7) is 0.568. The molecule has 150 valence electrons. The van der Waals surface area contributed by atoms with Crippen LogP contribution >= 0.6 is 0 Å². The Labute approximate surface area is 171 Å². The second-order valence-electron chi connectivity index (χ2n) is 7.30. The maximum Gasteiger partial charge on any atom is 0.330 e. The van der Waals surface area contributed by atoms with Crippen LogP contribution in [0, 0.1) is 0 Å². The lowest BCUT2D eigenvalue weighted by molar-refractivity contribution is 0.103. The summed E-state index contributed by atoms with van der Waals surface area (Å²) in [6.07, 6.45) is 0. The number of Topliss-reactive ketones (excluding diaryl/α,β-unsaturated/α-hetero) is 1. The zero-order valence-corrected chi connectivity index (χ0v) is 16.3. The van der Waals surface area contributed by atoms with Crippen LogP contribution in [0.4, 0.5) is 5.82 Å². The van der Waals surface area contributed by atoms with Crippen LogP contribution in [0.5, 0.6) is 0 Å². The summed E-state index contributed by atoms with van der Waals surface area (Å²) in [4.78, 5) is 41.4. The van der Waals surface area contributed by atoms with E-state index < -0.39 is 17.2 Å². The number of nitrogens with zero attached hydrogens (tertiary/aromatic N) is 1. The smallest absolute Gasteiger partial charge is 0.330 e. The van der Waals surface area contributed by atoms with Crippen molar-refractivity contribution in [2.24, 2.45) is 0 Å². The molecule has 7 nitrogen and oxygen atoms in total. The third-order valence-corrected chi connectivity index (χ3v) is 5.66. The lowest BCUT2D eigenvalue weighted by atomic mass is 9.81. The van der Waals surface area contributed by atoms with Gasteiger partial charge in [0.05, 0.1) is 24.4 Å². The average Bonchev–Trinajstić information content (AvgIpc) is 3.05. The monoisotopic (exact) mass is 401 g/mol. The van der Waals surface area contributed by atoms with Crippen molar-refractivity contribution in [1.29, 1.82) is 0 Å². The zero-order valence-electron chi connectivity index (χ0n) is 16.3. The van der Waals surface area contributed by atoms with E-state index in [4.69, 9.17) is 4.74 Å². The van der Waals surface area contributed by atoms with Gasteiger partial charge in [-0.05, 0) is 5.56 Å². The summed E-state index contributed by atoms with van der Waals surface area (Å²) in [5.41, 5.74) is 2.69. The molecule has 0 amide bonds. The van der Waals surface area contributed by atoms with Crippen LogP contribution in [0.2, 0.25) is 0 Å². The average molecular weight is 401 g/mol. The Morgan fingerprint density at radius 2 is 1.67 bits per heavy atom. The number of hydrogen-bond donors (Lipinski definition) is 2. The highest BCUT2D eigenvalue weighted by Gasteiger charge is 2.42. The lowest BCUT2D eigenvalue weighted by Crippen LogP contribution is -2.38. The largest absolute Gasteiger partial charge is 0.383 e. The van der Waals surface area contributed by atoms with Gasteiger partial charge < -0.3 is 10.1 Å². The van der Waals surface area contributed by atoms with Crippen molar-refractivity contribution >= 4 is 17.3 Å². The molecule has 0 saturated heterocycles. The van der Waals surface area contributed by atoms with Crippen molar-refractivity contribution in [2.75, 3.05) is 19.0 Å². The molecule has 0 bridgehead atoms. The van der Waals surface area contributed by atoms with Gasteiger partial charge in [-0.2, -0.15) is 0 Å². The summed E-state index contributed by atoms with van der Waals surface area (Å²) in [5.74, 6) is -0.296. The van der Waals surface area contributed by atoms with E-state index in [0.29, 0.717) is 34.8 Å². The number of H-pyrrole nitrogens is 1. The number of nitrogens with one attached hydrogen (secondary N) is 2. The van der Waals surface area contributed by atoms with E-state index >= 15 is 0 Å². The Hall–Kier alpha value is -3.71.